The number of hydrogen-bond acceptors (Lipinski definition) is 5. The monoisotopic (exact) mass is 364 g/mol. The van der Waals surface area contributed by atoms with E-state index in [1.54, 1.807) is 11.0 Å². The number of nitrogens with one attached hydrogen (secondary N) is 2. The number of anilines is 1. The number of carbonyl (C=O) groups excluding carboxylic acids is 1. The summed E-state index contributed by atoms with van der Waals surface area (Å²) in [5, 5.41) is 17.4. The molecule has 7 nitrogen and oxygen atoms in total. The summed E-state index contributed by atoms with van der Waals surface area (Å²) >= 11 is 0. The van der Waals surface area contributed by atoms with E-state index in [-0.39, 0.29) is 18.5 Å². The molecule has 0 aliphatic carbocycles. The van der Waals surface area contributed by atoms with Gasteiger partial charge in [0.15, 0.2) is 0 Å². The second-order valence-electron chi connectivity index (χ2n) is 6.74. The highest BCUT2D eigenvalue weighted by atomic mass is 16.1. The molecule has 3 rings (SSSR count). The van der Waals surface area contributed by atoms with E-state index in [0.29, 0.717) is 0 Å². The van der Waals surface area contributed by atoms with Crippen LogP contribution in [-0.4, -0.2) is 32.7 Å². The van der Waals surface area contributed by atoms with Crippen molar-refractivity contribution in [3.8, 4) is 5.69 Å². The lowest BCUT2D eigenvalue weighted by molar-refractivity contribution is -0.120. The van der Waals surface area contributed by atoms with Crippen molar-refractivity contribution in [2.75, 3.05) is 11.9 Å². The third kappa shape index (κ3) is 4.49. The molecule has 2 N–H and O–H groups in total. The van der Waals surface area contributed by atoms with Crippen molar-refractivity contribution >= 4 is 11.6 Å². The lowest BCUT2D eigenvalue weighted by Gasteiger charge is -2.16. The first-order valence-corrected chi connectivity index (χ1v) is 8.88. The van der Waals surface area contributed by atoms with Gasteiger partial charge in [-0.05, 0) is 78.6 Å². The molecular weight excluding hydrogens is 340 g/mol. The molecule has 27 heavy (non-hydrogen) atoms. The standard InChI is InChI=1S/C20H24N6O/c1-13-5-6-17(9-14(13)2)16(4)23-20(27)11-21-18-7-8-19(15(3)10-18)26-12-22-24-25-26/h5-10,12,16,21H,11H2,1-4H3,(H,23,27). The number of tetrazole rings is 1. The Hall–Kier alpha value is -3.22. The number of aryl methyl sites for hydroxylation is 3. The molecule has 1 heterocycles. The van der Waals surface area contributed by atoms with Crippen LogP contribution in [-0.2, 0) is 4.79 Å². The highest BCUT2D eigenvalue weighted by Crippen LogP contribution is 2.18. The number of nitrogens with zero attached hydrogens (tertiary/aromatic N) is 4. The Balaban J connectivity index is 1.57. The Morgan fingerprint density at radius 1 is 1.07 bits per heavy atom. The molecule has 1 aromatic heterocycles. The molecule has 0 radical (unpaired) electrons. The summed E-state index contributed by atoms with van der Waals surface area (Å²) in [6, 6.07) is 12.0. The van der Waals surface area contributed by atoms with Gasteiger partial charge in [-0.2, -0.15) is 0 Å². The lowest BCUT2D eigenvalue weighted by Crippen LogP contribution is -2.32. The van der Waals surface area contributed by atoms with Crippen LogP contribution in [0.2, 0.25) is 0 Å². The third-order valence-electron chi connectivity index (χ3n) is 4.65. The molecule has 1 unspecified atom stereocenters. The Bertz CT molecular complexity index is 936. The van der Waals surface area contributed by atoms with Gasteiger partial charge in [0.25, 0.3) is 0 Å². The van der Waals surface area contributed by atoms with Crippen LogP contribution in [0.5, 0.6) is 0 Å². The van der Waals surface area contributed by atoms with Gasteiger partial charge in [0.05, 0.1) is 18.3 Å². The fourth-order valence-corrected chi connectivity index (χ4v) is 2.89. The van der Waals surface area contributed by atoms with Crippen molar-refractivity contribution in [3.63, 3.8) is 0 Å². The minimum Gasteiger partial charge on any atom is -0.376 e. The quantitative estimate of drug-likeness (QED) is 0.702. The second kappa shape index (κ2) is 7.99. The first-order valence-electron chi connectivity index (χ1n) is 8.88. The van der Waals surface area contributed by atoms with Gasteiger partial charge in [0.2, 0.25) is 5.91 Å². The molecule has 0 spiro atoms. The number of benzene rings is 2. The van der Waals surface area contributed by atoms with Gasteiger partial charge in [-0.15, -0.1) is 5.10 Å². The number of aromatic nitrogens is 4. The highest BCUT2D eigenvalue weighted by molar-refractivity contribution is 5.81. The average Bonchev–Trinajstić information content (AvgIpc) is 3.16. The lowest BCUT2D eigenvalue weighted by atomic mass is 10.0. The number of rotatable bonds is 6. The van der Waals surface area contributed by atoms with E-state index >= 15 is 0 Å². The molecule has 3 aromatic rings. The molecule has 140 valence electrons. The number of hydrogen-bond donors (Lipinski definition) is 2. The third-order valence-corrected chi connectivity index (χ3v) is 4.65. The maximum atomic E-state index is 12.3. The summed E-state index contributed by atoms with van der Waals surface area (Å²) in [5.41, 5.74) is 6.37. The van der Waals surface area contributed by atoms with E-state index in [1.165, 1.54) is 11.1 Å². The van der Waals surface area contributed by atoms with E-state index < -0.39 is 0 Å². The van der Waals surface area contributed by atoms with Crippen molar-refractivity contribution in [2.24, 2.45) is 0 Å². The molecule has 1 amide bonds. The summed E-state index contributed by atoms with van der Waals surface area (Å²) < 4.78 is 1.61. The number of amides is 1. The Morgan fingerprint density at radius 2 is 1.89 bits per heavy atom. The minimum atomic E-state index is -0.0528. The Labute approximate surface area is 158 Å². The predicted molar refractivity (Wildman–Crippen MR) is 105 cm³/mol. The maximum absolute atomic E-state index is 12.3. The summed E-state index contributed by atoms with van der Waals surface area (Å²) in [5.74, 6) is -0.0528. The van der Waals surface area contributed by atoms with Crippen LogP contribution in [0.3, 0.4) is 0 Å². The van der Waals surface area contributed by atoms with E-state index in [2.05, 4.69) is 58.2 Å². The zero-order chi connectivity index (χ0) is 19.4. The zero-order valence-corrected chi connectivity index (χ0v) is 16.0. The first kappa shape index (κ1) is 18.6. The highest BCUT2D eigenvalue weighted by Gasteiger charge is 2.11. The predicted octanol–water partition coefficient (Wildman–Crippen LogP) is 2.88. The topological polar surface area (TPSA) is 84.7 Å². The maximum Gasteiger partial charge on any atom is 0.239 e. The zero-order valence-electron chi connectivity index (χ0n) is 16.0. The fraction of sp³-hybridized carbons (Fsp3) is 0.300. The largest absolute Gasteiger partial charge is 0.376 e. The summed E-state index contributed by atoms with van der Waals surface area (Å²) in [6.45, 7) is 8.34. The van der Waals surface area contributed by atoms with Crippen molar-refractivity contribution in [1.29, 1.82) is 0 Å². The van der Waals surface area contributed by atoms with Crippen molar-refractivity contribution in [3.05, 3.63) is 65.0 Å². The molecule has 0 aliphatic rings. The normalized spacial score (nSPS) is 11.9. The van der Waals surface area contributed by atoms with Crippen LogP contribution in [0.1, 0.15) is 35.2 Å². The van der Waals surface area contributed by atoms with Crippen molar-refractivity contribution < 1.29 is 4.79 Å². The van der Waals surface area contributed by atoms with E-state index in [0.717, 1.165) is 22.5 Å². The summed E-state index contributed by atoms with van der Waals surface area (Å²) in [4.78, 5) is 12.3. The van der Waals surface area contributed by atoms with Gasteiger partial charge in [0.1, 0.15) is 6.33 Å². The second-order valence-corrected chi connectivity index (χ2v) is 6.74. The Morgan fingerprint density at radius 3 is 2.56 bits per heavy atom. The molecule has 0 fully saturated rings. The number of carbonyl (C=O) groups is 1. The Kier molecular flexibility index (Phi) is 5.49. The fourth-order valence-electron chi connectivity index (χ4n) is 2.89. The smallest absolute Gasteiger partial charge is 0.239 e. The summed E-state index contributed by atoms with van der Waals surface area (Å²) in [6.07, 6.45) is 1.55. The van der Waals surface area contributed by atoms with Crippen LogP contribution in [0.25, 0.3) is 5.69 Å². The van der Waals surface area contributed by atoms with E-state index in [9.17, 15) is 4.79 Å². The first-order chi connectivity index (χ1) is 12.9. The molecular formula is C20H24N6O. The van der Waals surface area contributed by atoms with E-state index in [1.807, 2.05) is 32.0 Å². The van der Waals surface area contributed by atoms with Crippen LogP contribution in [0.15, 0.2) is 42.7 Å². The van der Waals surface area contributed by atoms with Crippen LogP contribution in [0.4, 0.5) is 5.69 Å². The molecule has 1 atom stereocenters. The van der Waals surface area contributed by atoms with Gasteiger partial charge < -0.3 is 10.6 Å². The molecule has 0 saturated carbocycles. The molecule has 0 saturated heterocycles. The van der Waals surface area contributed by atoms with Gasteiger partial charge in [-0.3, -0.25) is 4.79 Å². The van der Waals surface area contributed by atoms with E-state index in [4.69, 9.17) is 0 Å². The van der Waals surface area contributed by atoms with Gasteiger partial charge in [-0.25, -0.2) is 4.68 Å². The van der Waals surface area contributed by atoms with Gasteiger partial charge in [0, 0.05) is 5.69 Å². The van der Waals surface area contributed by atoms with Gasteiger partial charge >= 0.3 is 0 Å². The van der Waals surface area contributed by atoms with Crippen LogP contribution in [0, 0.1) is 20.8 Å². The molecule has 0 bridgehead atoms. The van der Waals surface area contributed by atoms with Crippen molar-refractivity contribution in [2.45, 2.75) is 33.7 Å². The van der Waals surface area contributed by atoms with Crippen LogP contribution >= 0.6 is 0 Å². The average molecular weight is 364 g/mol. The molecule has 0 aliphatic heterocycles. The minimum absolute atomic E-state index is 0.0393. The SMILES string of the molecule is Cc1ccc(C(C)NC(=O)CNc2ccc(-n3cnnn3)c(C)c2)cc1C. The molecule has 2 aromatic carbocycles. The van der Waals surface area contributed by atoms with Gasteiger partial charge in [-0.1, -0.05) is 18.2 Å². The van der Waals surface area contributed by atoms with Crippen molar-refractivity contribution in [1.82, 2.24) is 25.5 Å². The summed E-state index contributed by atoms with van der Waals surface area (Å²) in [7, 11) is 0. The van der Waals surface area contributed by atoms with Crippen LogP contribution < -0.4 is 10.6 Å². The molecule has 7 heteroatoms.